The molecule has 6 heteroatoms. The quantitative estimate of drug-likeness (QED) is 0.479. The number of hydrogen-bond acceptors (Lipinski definition) is 3. The molecule has 1 unspecified atom stereocenters. The molecule has 0 aliphatic carbocycles. The molecule has 0 heterocycles. The summed E-state index contributed by atoms with van der Waals surface area (Å²) in [5.41, 5.74) is 0. The summed E-state index contributed by atoms with van der Waals surface area (Å²) in [6, 6.07) is 0. The van der Waals surface area contributed by atoms with Gasteiger partial charge >= 0.3 is 11.9 Å². The van der Waals surface area contributed by atoms with Gasteiger partial charge in [0.2, 0.25) is 0 Å². The summed E-state index contributed by atoms with van der Waals surface area (Å²) in [6.07, 6.45) is 0.460. The van der Waals surface area contributed by atoms with E-state index in [1.165, 1.54) is 0 Å². The second kappa shape index (κ2) is 7.19. The van der Waals surface area contributed by atoms with Crippen molar-refractivity contribution in [3.63, 3.8) is 0 Å². The van der Waals surface area contributed by atoms with Gasteiger partial charge in [0.15, 0.2) is 6.54 Å². The lowest BCUT2D eigenvalue weighted by atomic mass is 10.2. The highest BCUT2D eigenvalue weighted by Gasteiger charge is 2.27. The predicted molar refractivity (Wildman–Crippen MR) is 57.0 cm³/mol. The van der Waals surface area contributed by atoms with Crippen LogP contribution >= 0.6 is 0 Å². The second-order valence-electron chi connectivity index (χ2n) is 3.88. The van der Waals surface area contributed by atoms with Gasteiger partial charge in [-0.15, -0.1) is 0 Å². The minimum atomic E-state index is -0.925. The average molecular weight is 234 g/mol. The molecule has 1 atom stereocenters. The number of quaternary nitrogens is 1. The standard InChI is InChI=1S/C10H19NO5/c1-2-11(6-7-12,8-10(15)16)5-3-4-9(13)14/h12H,2-8H2,1H3,(H-,13,14,15,16)/p+1. The minimum Gasteiger partial charge on any atom is -0.481 e. The molecular weight excluding hydrogens is 214 g/mol. The molecule has 3 N–H and O–H groups in total. The molecule has 0 saturated heterocycles. The maximum atomic E-state index is 10.7. The summed E-state index contributed by atoms with van der Waals surface area (Å²) < 4.78 is 0.235. The third-order valence-corrected chi connectivity index (χ3v) is 2.74. The molecule has 16 heavy (non-hydrogen) atoms. The number of carbonyl (C=O) groups is 2. The largest absolute Gasteiger partial charge is 0.481 e. The lowest BCUT2D eigenvalue weighted by Crippen LogP contribution is -2.53. The average Bonchev–Trinajstić information content (AvgIpc) is 2.16. The van der Waals surface area contributed by atoms with Crippen molar-refractivity contribution < 1.29 is 29.4 Å². The summed E-state index contributed by atoms with van der Waals surface area (Å²) >= 11 is 0. The van der Waals surface area contributed by atoms with Crippen molar-refractivity contribution in [2.75, 3.05) is 32.8 Å². The van der Waals surface area contributed by atoms with E-state index in [-0.39, 0.29) is 24.1 Å². The van der Waals surface area contributed by atoms with E-state index in [0.717, 1.165) is 0 Å². The number of carboxylic acid groups (broad SMARTS) is 2. The third kappa shape index (κ3) is 5.67. The molecule has 0 radical (unpaired) electrons. The van der Waals surface area contributed by atoms with Gasteiger partial charge in [0.25, 0.3) is 0 Å². The zero-order valence-electron chi connectivity index (χ0n) is 9.56. The predicted octanol–water partition coefficient (Wildman–Crippen LogP) is -0.235. The smallest absolute Gasteiger partial charge is 0.359 e. The van der Waals surface area contributed by atoms with Gasteiger partial charge in [0.1, 0.15) is 6.54 Å². The van der Waals surface area contributed by atoms with Crippen molar-refractivity contribution in [2.24, 2.45) is 0 Å². The molecule has 0 spiro atoms. The highest BCUT2D eigenvalue weighted by atomic mass is 16.4. The molecule has 94 valence electrons. The van der Waals surface area contributed by atoms with Crippen LogP contribution in [0.3, 0.4) is 0 Å². The molecule has 6 nitrogen and oxygen atoms in total. The van der Waals surface area contributed by atoms with Crippen LogP contribution in [0.4, 0.5) is 0 Å². The number of rotatable bonds is 9. The van der Waals surface area contributed by atoms with Crippen LogP contribution in [0.5, 0.6) is 0 Å². The number of nitrogens with zero attached hydrogens (tertiary/aromatic N) is 1. The van der Waals surface area contributed by atoms with Crippen molar-refractivity contribution in [2.45, 2.75) is 19.8 Å². The zero-order chi connectivity index (χ0) is 12.6. The van der Waals surface area contributed by atoms with Gasteiger partial charge in [-0.2, -0.15) is 0 Å². The van der Waals surface area contributed by atoms with Crippen molar-refractivity contribution in [1.82, 2.24) is 0 Å². The normalized spacial score (nSPS) is 14.4. The van der Waals surface area contributed by atoms with Crippen molar-refractivity contribution in [3.8, 4) is 0 Å². The number of aliphatic carboxylic acids is 2. The Labute approximate surface area is 94.7 Å². The van der Waals surface area contributed by atoms with Crippen LogP contribution in [0.25, 0.3) is 0 Å². The van der Waals surface area contributed by atoms with Crippen LogP contribution in [-0.2, 0) is 9.59 Å². The van der Waals surface area contributed by atoms with Crippen LogP contribution in [0.15, 0.2) is 0 Å². The van der Waals surface area contributed by atoms with Crippen LogP contribution in [0.2, 0.25) is 0 Å². The van der Waals surface area contributed by atoms with E-state index < -0.39 is 11.9 Å². The Morgan fingerprint density at radius 1 is 1.12 bits per heavy atom. The summed E-state index contributed by atoms with van der Waals surface area (Å²) in [4.78, 5) is 21.1. The molecule has 0 bridgehead atoms. The fraction of sp³-hybridized carbons (Fsp3) is 0.800. The molecular formula is C10H20NO5+. The van der Waals surface area contributed by atoms with Gasteiger partial charge in [-0.25, -0.2) is 4.79 Å². The Hall–Kier alpha value is -1.14. The molecule has 0 rings (SSSR count). The second-order valence-corrected chi connectivity index (χ2v) is 3.88. The lowest BCUT2D eigenvalue weighted by molar-refractivity contribution is -0.920. The molecule has 0 aliphatic heterocycles. The fourth-order valence-electron chi connectivity index (χ4n) is 1.76. The Balaban J connectivity index is 4.37. The molecule has 0 aliphatic rings. The fourth-order valence-corrected chi connectivity index (χ4v) is 1.76. The first-order valence-electron chi connectivity index (χ1n) is 5.35. The van der Waals surface area contributed by atoms with Gasteiger partial charge in [0.05, 0.1) is 26.1 Å². The SMILES string of the molecule is CC[N+](CCO)(CCCC(=O)O)CC(=O)O. The van der Waals surface area contributed by atoms with Crippen LogP contribution < -0.4 is 0 Å². The van der Waals surface area contributed by atoms with E-state index in [1.807, 2.05) is 6.92 Å². The first-order valence-corrected chi connectivity index (χ1v) is 5.35. The third-order valence-electron chi connectivity index (χ3n) is 2.74. The van der Waals surface area contributed by atoms with Crippen LogP contribution in [0.1, 0.15) is 19.8 Å². The first-order chi connectivity index (χ1) is 7.45. The molecule has 0 amide bonds. The van der Waals surface area contributed by atoms with Gasteiger partial charge in [-0.05, 0) is 6.92 Å². The molecule has 0 aromatic rings. The van der Waals surface area contributed by atoms with Crippen LogP contribution in [-0.4, -0.2) is 64.5 Å². The molecule has 0 fully saturated rings. The number of carboxylic acids is 2. The van der Waals surface area contributed by atoms with E-state index in [1.54, 1.807) is 0 Å². The molecule has 0 aromatic heterocycles. The highest BCUT2D eigenvalue weighted by molar-refractivity contribution is 5.68. The topological polar surface area (TPSA) is 94.8 Å². The zero-order valence-corrected chi connectivity index (χ0v) is 9.56. The Morgan fingerprint density at radius 3 is 2.12 bits per heavy atom. The van der Waals surface area contributed by atoms with Gasteiger partial charge in [-0.3, -0.25) is 4.79 Å². The van der Waals surface area contributed by atoms with Crippen molar-refractivity contribution in [1.29, 1.82) is 0 Å². The summed E-state index contributed by atoms with van der Waals surface area (Å²) in [5.74, 6) is -1.81. The highest BCUT2D eigenvalue weighted by Crippen LogP contribution is 2.09. The Kier molecular flexibility index (Phi) is 6.67. The Morgan fingerprint density at radius 2 is 1.75 bits per heavy atom. The number of hydrogen-bond donors (Lipinski definition) is 3. The van der Waals surface area contributed by atoms with Gasteiger partial charge in [0, 0.05) is 6.42 Å². The Bertz CT molecular complexity index is 243. The van der Waals surface area contributed by atoms with E-state index in [4.69, 9.17) is 15.3 Å². The summed E-state index contributed by atoms with van der Waals surface area (Å²) in [6.45, 7) is 3.08. The van der Waals surface area contributed by atoms with Gasteiger partial charge in [-0.1, -0.05) is 0 Å². The van der Waals surface area contributed by atoms with Crippen molar-refractivity contribution in [3.05, 3.63) is 0 Å². The lowest BCUT2D eigenvalue weighted by Gasteiger charge is -2.35. The molecule has 0 aromatic carbocycles. The summed E-state index contributed by atoms with van der Waals surface area (Å²) in [7, 11) is 0. The number of likely N-dealkylation sites (N-methyl/N-ethyl adjacent to an activating group) is 1. The van der Waals surface area contributed by atoms with E-state index in [9.17, 15) is 9.59 Å². The van der Waals surface area contributed by atoms with Crippen molar-refractivity contribution >= 4 is 11.9 Å². The minimum absolute atomic E-state index is 0.0328. The number of aliphatic hydroxyl groups is 1. The molecule has 0 saturated carbocycles. The first kappa shape index (κ1) is 14.9. The number of aliphatic hydroxyl groups excluding tert-OH is 1. The van der Waals surface area contributed by atoms with E-state index in [2.05, 4.69) is 0 Å². The maximum Gasteiger partial charge on any atom is 0.359 e. The summed E-state index contributed by atoms with van der Waals surface area (Å²) in [5, 5.41) is 26.3. The van der Waals surface area contributed by atoms with E-state index in [0.29, 0.717) is 26.1 Å². The van der Waals surface area contributed by atoms with Gasteiger partial charge < -0.3 is 19.8 Å². The monoisotopic (exact) mass is 234 g/mol. The maximum absolute atomic E-state index is 10.7. The van der Waals surface area contributed by atoms with Crippen LogP contribution in [0, 0.1) is 0 Å². The van der Waals surface area contributed by atoms with E-state index >= 15 is 0 Å².